The Morgan fingerprint density at radius 1 is 1.33 bits per heavy atom. The average molecular weight is 209 g/mol. The van der Waals surface area contributed by atoms with E-state index in [4.69, 9.17) is 10.5 Å². The highest BCUT2D eigenvalue weighted by Gasteiger charge is 2.01. The van der Waals surface area contributed by atoms with Crippen molar-refractivity contribution in [1.29, 1.82) is 0 Å². The van der Waals surface area contributed by atoms with E-state index in [0.717, 1.165) is 36.7 Å². The lowest BCUT2D eigenvalue weighted by molar-refractivity contribution is 0.149. The number of nitrogens with two attached hydrogens (primary N) is 1. The van der Waals surface area contributed by atoms with Crippen LogP contribution in [0.5, 0.6) is 0 Å². The molecule has 0 bridgehead atoms. The van der Waals surface area contributed by atoms with Crippen molar-refractivity contribution in [1.82, 2.24) is 9.97 Å². The molecule has 15 heavy (non-hydrogen) atoms. The summed E-state index contributed by atoms with van der Waals surface area (Å²) in [5, 5.41) is 0. The van der Waals surface area contributed by atoms with Crippen LogP contribution >= 0.6 is 0 Å². The minimum Gasteiger partial charge on any atom is -0.381 e. The molecule has 0 atom stereocenters. The minimum atomic E-state index is 0.626. The molecular weight excluding hydrogens is 190 g/mol. The van der Waals surface area contributed by atoms with Crippen LogP contribution in [-0.2, 0) is 17.6 Å². The molecular formula is C11H19N3O. The number of hydrogen-bond donors (Lipinski definition) is 1. The second kappa shape index (κ2) is 6.48. The van der Waals surface area contributed by atoms with Gasteiger partial charge in [-0.1, -0.05) is 0 Å². The second-order valence-electron chi connectivity index (χ2n) is 3.40. The van der Waals surface area contributed by atoms with Crippen LogP contribution < -0.4 is 5.73 Å². The molecule has 1 heterocycles. The highest BCUT2D eigenvalue weighted by Crippen LogP contribution is 2.02. The van der Waals surface area contributed by atoms with Gasteiger partial charge in [-0.2, -0.15) is 0 Å². The van der Waals surface area contributed by atoms with Gasteiger partial charge in [-0.3, -0.25) is 0 Å². The fourth-order valence-corrected chi connectivity index (χ4v) is 1.40. The number of ether oxygens (including phenoxy) is 1. The van der Waals surface area contributed by atoms with E-state index in [2.05, 4.69) is 9.97 Å². The first-order valence-corrected chi connectivity index (χ1v) is 5.37. The number of hydrogen-bond acceptors (Lipinski definition) is 4. The molecule has 0 fully saturated rings. The zero-order valence-corrected chi connectivity index (χ0v) is 9.49. The van der Waals surface area contributed by atoms with Gasteiger partial charge in [-0.25, -0.2) is 9.97 Å². The van der Waals surface area contributed by atoms with Crippen LogP contribution in [0.25, 0.3) is 0 Å². The van der Waals surface area contributed by atoms with Crippen molar-refractivity contribution in [3.63, 3.8) is 0 Å². The minimum absolute atomic E-state index is 0.626. The fraction of sp³-hybridized carbons (Fsp3) is 0.636. The van der Waals surface area contributed by atoms with Crippen LogP contribution in [0.4, 0.5) is 0 Å². The normalized spacial score (nSPS) is 10.6. The Hall–Kier alpha value is -1.00. The largest absolute Gasteiger partial charge is 0.381 e. The lowest BCUT2D eigenvalue weighted by Crippen LogP contribution is -2.09. The van der Waals surface area contributed by atoms with Crippen molar-refractivity contribution in [2.75, 3.05) is 19.8 Å². The summed E-state index contributed by atoms with van der Waals surface area (Å²) in [6, 6.07) is 1.98. The van der Waals surface area contributed by atoms with E-state index in [1.165, 1.54) is 0 Å². The molecule has 0 amide bonds. The summed E-state index contributed by atoms with van der Waals surface area (Å²) in [7, 11) is 0. The molecule has 0 saturated carbocycles. The summed E-state index contributed by atoms with van der Waals surface area (Å²) in [4.78, 5) is 8.78. The van der Waals surface area contributed by atoms with Crippen LogP contribution in [0.1, 0.15) is 24.1 Å². The van der Waals surface area contributed by atoms with Crippen molar-refractivity contribution >= 4 is 0 Å². The van der Waals surface area contributed by atoms with E-state index in [1.54, 1.807) is 0 Å². The Morgan fingerprint density at radius 2 is 2.13 bits per heavy atom. The molecule has 1 aromatic rings. The Balaban J connectivity index is 2.62. The van der Waals surface area contributed by atoms with E-state index in [0.29, 0.717) is 13.2 Å². The van der Waals surface area contributed by atoms with Gasteiger partial charge in [0, 0.05) is 30.8 Å². The van der Waals surface area contributed by atoms with Crippen molar-refractivity contribution in [3.05, 3.63) is 23.3 Å². The lowest BCUT2D eigenvalue weighted by atomic mass is 10.2. The van der Waals surface area contributed by atoms with E-state index < -0.39 is 0 Å². The molecule has 2 N–H and O–H groups in total. The van der Waals surface area contributed by atoms with Gasteiger partial charge in [0.2, 0.25) is 0 Å². The highest BCUT2D eigenvalue weighted by atomic mass is 16.5. The van der Waals surface area contributed by atoms with Gasteiger partial charge in [-0.15, -0.1) is 0 Å². The zero-order valence-electron chi connectivity index (χ0n) is 9.49. The van der Waals surface area contributed by atoms with Crippen molar-refractivity contribution < 1.29 is 4.74 Å². The predicted octanol–water partition coefficient (Wildman–Crippen LogP) is 0.865. The SMILES string of the molecule is CCOCCc1nc(C)cc(CCN)n1. The van der Waals surface area contributed by atoms with Crippen LogP contribution in [-0.4, -0.2) is 29.7 Å². The molecule has 0 aliphatic rings. The van der Waals surface area contributed by atoms with E-state index in [9.17, 15) is 0 Å². The van der Waals surface area contributed by atoms with Gasteiger partial charge in [0.15, 0.2) is 0 Å². The van der Waals surface area contributed by atoms with E-state index in [-0.39, 0.29) is 0 Å². The molecule has 1 aromatic heterocycles. The first-order chi connectivity index (χ1) is 7.26. The average Bonchev–Trinajstić information content (AvgIpc) is 2.18. The van der Waals surface area contributed by atoms with Gasteiger partial charge in [0.25, 0.3) is 0 Å². The third kappa shape index (κ3) is 4.36. The molecule has 0 unspecified atom stereocenters. The molecule has 0 radical (unpaired) electrons. The first kappa shape index (κ1) is 12.1. The number of aryl methyl sites for hydroxylation is 1. The molecule has 0 aliphatic heterocycles. The topological polar surface area (TPSA) is 61.0 Å². The summed E-state index contributed by atoms with van der Waals surface area (Å²) in [5.74, 6) is 0.854. The maximum atomic E-state index is 5.50. The predicted molar refractivity (Wildman–Crippen MR) is 59.7 cm³/mol. The highest BCUT2D eigenvalue weighted by molar-refractivity contribution is 5.10. The summed E-state index contributed by atoms with van der Waals surface area (Å²) in [5.41, 5.74) is 7.52. The number of aromatic nitrogens is 2. The third-order valence-corrected chi connectivity index (χ3v) is 2.03. The molecule has 0 aliphatic carbocycles. The summed E-state index contributed by atoms with van der Waals surface area (Å²) in [6.07, 6.45) is 1.58. The maximum Gasteiger partial charge on any atom is 0.131 e. The Bertz CT molecular complexity index is 302. The lowest BCUT2D eigenvalue weighted by Gasteiger charge is -2.05. The zero-order chi connectivity index (χ0) is 11.1. The van der Waals surface area contributed by atoms with Crippen molar-refractivity contribution in [2.45, 2.75) is 26.7 Å². The Labute approximate surface area is 90.9 Å². The molecule has 0 aromatic carbocycles. The van der Waals surface area contributed by atoms with Crippen LogP contribution in [0.3, 0.4) is 0 Å². The van der Waals surface area contributed by atoms with Crippen LogP contribution in [0, 0.1) is 6.92 Å². The van der Waals surface area contributed by atoms with Gasteiger partial charge < -0.3 is 10.5 Å². The fourth-order valence-electron chi connectivity index (χ4n) is 1.40. The number of nitrogens with zero attached hydrogens (tertiary/aromatic N) is 2. The number of rotatable bonds is 6. The van der Waals surface area contributed by atoms with Crippen molar-refractivity contribution in [3.8, 4) is 0 Å². The molecule has 84 valence electrons. The van der Waals surface area contributed by atoms with Crippen molar-refractivity contribution in [2.24, 2.45) is 5.73 Å². The first-order valence-electron chi connectivity index (χ1n) is 5.37. The summed E-state index contributed by atoms with van der Waals surface area (Å²) in [6.45, 7) is 6.01. The van der Waals surface area contributed by atoms with Gasteiger partial charge in [0.05, 0.1) is 6.61 Å². The third-order valence-electron chi connectivity index (χ3n) is 2.03. The molecule has 4 heteroatoms. The molecule has 4 nitrogen and oxygen atoms in total. The van der Waals surface area contributed by atoms with Gasteiger partial charge >= 0.3 is 0 Å². The quantitative estimate of drug-likeness (QED) is 0.706. The van der Waals surface area contributed by atoms with Gasteiger partial charge in [0.1, 0.15) is 5.82 Å². The van der Waals surface area contributed by atoms with Crippen LogP contribution in [0.15, 0.2) is 6.07 Å². The Morgan fingerprint density at radius 3 is 2.80 bits per heavy atom. The summed E-state index contributed by atoms with van der Waals surface area (Å²) >= 11 is 0. The van der Waals surface area contributed by atoms with Crippen LogP contribution in [0.2, 0.25) is 0 Å². The van der Waals surface area contributed by atoms with E-state index >= 15 is 0 Å². The smallest absolute Gasteiger partial charge is 0.131 e. The monoisotopic (exact) mass is 209 g/mol. The Kier molecular flexibility index (Phi) is 5.21. The maximum absolute atomic E-state index is 5.50. The van der Waals surface area contributed by atoms with E-state index in [1.807, 2.05) is 19.9 Å². The molecule has 0 saturated heterocycles. The second-order valence-corrected chi connectivity index (χ2v) is 3.40. The standard InChI is InChI=1S/C11H19N3O/c1-3-15-7-5-11-13-9(2)8-10(14-11)4-6-12/h8H,3-7,12H2,1-2H3. The van der Waals surface area contributed by atoms with Gasteiger partial charge in [-0.05, 0) is 26.5 Å². The summed E-state index contributed by atoms with van der Waals surface area (Å²) < 4.78 is 5.27. The molecule has 0 spiro atoms. The molecule has 1 rings (SSSR count).